The molecule has 0 saturated heterocycles. The number of aromatic carboxylic acids is 1. The van der Waals surface area contributed by atoms with Gasteiger partial charge in [-0.1, -0.05) is 30.3 Å². The summed E-state index contributed by atoms with van der Waals surface area (Å²) in [7, 11) is 0. The van der Waals surface area contributed by atoms with Gasteiger partial charge in [0.2, 0.25) is 0 Å². The summed E-state index contributed by atoms with van der Waals surface area (Å²) in [6, 6.07) is 11.9. The van der Waals surface area contributed by atoms with Crippen LogP contribution in [0.5, 0.6) is 0 Å². The summed E-state index contributed by atoms with van der Waals surface area (Å²) in [5.74, 6) is -0.974. The summed E-state index contributed by atoms with van der Waals surface area (Å²) in [5.41, 5.74) is 1.45. The van der Waals surface area contributed by atoms with Crippen LogP contribution in [0.25, 0.3) is 0 Å². The highest BCUT2D eigenvalue weighted by Crippen LogP contribution is 2.05. The number of hydrogen-bond acceptors (Lipinski definition) is 2. The fraction of sp³-hybridized carbons (Fsp3) is 0.286. The highest BCUT2D eigenvalue weighted by molar-refractivity contribution is 5.84. The summed E-state index contributed by atoms with van der Waals surface area (Å²) in [6.45, 7) is 0.764. The number of aryl methyl sites for hydroxylation is 2. The maximum Gasteiger partial charge on any atom is 0.356 e. The lowest BCUT2D eigenvalue weighted by Gasteiger charge is -2.02. The molecule has 0 fully saturated rings. The molecule has 18 heavy (non-hydrogen) atoms. The third-order valence-corrected chi connectivity index (χ3v) is 2.81. The zero-order chi connectivity index (χ0) is 12.8. The second-order valence-electron chi connectivity index (χ2n) is 4.21. The van der Waals surface area contributed by atoms with Crippen molar-refractivity contribution in [2.24, 2.45) is 0 Å². The number of benzene rings is 1. The summed E-state index contributed by atoms with van der Waals surface area (Å²) in [5, 5.41) is 12.7. The molecule has 4 nitrogen and oxygen atoms in total. The second-order valence-corrected chi connectivity index (χ2v) is 4.21. The molecule has 2 rings (SSSR count). The van der Waals surface area contributed by atoms with Crippen molar-refractivity contribution in [2.45, 2.75) is 25.8 Å². The molecule has 0 radical (unpaired) electrons. The van der Waals surface area contributed by atoms with E-state index in [1.807, 2.05) is 18.2 Å². The molecule has 1 N–H and O–H groups in total. The molecule has 0 atom stereocenters. The minimum atomic E-state index is -0.974. The Hall–Kier alpha value is -2.10. The number of rotatable bonds is 6. The normalized spacial score (nSPS) is 10.4. The van der Waals surface area contributed by atoms with E-state index in [-0.39, 0.29) is 5.69 Å². The van der Waals surface area contributed by atoms with Crippen LogP contribution in [-0.4, -0.2) is 20.9 Å². The molecule has 0 amide bonds. The average Bonchev–Trinajstić information content (AvgIpc) is 2.85. The fourth-order valence-electron chi connectivity index (χ4n) is 1.85. The Kier molecular flexibility index (Phi) is 4.12. The molecular weight excluding hydrogens is 228 g/mol. The Morgan fingerprint density at radius 3 is 2.61 bits per heavy atom. The van der Waals surface area contributed by atoms with Crippen molar-refractivity contribution in [3.63, 3.8) is 0 Å². The highest BCUT2D eigenvalue weighted by Gasteiger charge is 2.05. The maximum atomic E-state index is 10.7. The van der Waals surface area contributed by atoms with Gasteiger partial charge >= 0.3 is 5.97 Å². The number of carbonyl (C=O) groups is 1. The average molecular weight is 244 g/mol. The maximum absolute atomic E-state index is 10.7. The van der Waals surface area contributed by atoms with Crippen LogP contribution in [0.2, 0.25) is 0 Å². The van der Waals surface area contributed by atoms with Crippen LogP contribution in [0.3, 0.4) is 0 Å². The smallest absolute Gasteiger partial charge is 0.356 e. The van der Waals surface area contributed by atoms with E-state index in [0.29, 0.717) is 0 Å². The van der Waals surface area contributed by atoms with Gasteiger partial charge in [0.1, 0.15) is 0 Å². The molecular formula is C14H16N2O2. The van der Waals surface area contributed by atoms with Gasteiger partial charge in [0, 0.05) is 12.7 Å². The molecule has 1 aromatic heterocycles. The van der Waals surface area contributed by atoms with Gasteiger partial charge in [-0.2, -0.15) is 5.10 Å². The standard InChI is InChI=1S/C14H16N2O2/c17-14(18)13-9-11-16(15-13)10-5-4-8-12-6-2-1-3-7-12/h1-3,6-7,9,11H,4-5,8,10H2,(H,17,18). The molecule has 0 aliphatic heterocycles. The Morgan fingerprint density at radius 1 is 1.17 bits per heavy atom. The molecule has 0 unspecified atom stereocenters. The number of nitrogens with zero attached hydrogens (tertiary/aromatic N) is 2. The van der Waals surface area contributed by atoms with Crippen molar-refractivity contribution in [2.75, 3.05) is 0 Å². The van der Waals surface area contributed by atoms with Gasteiger partial charge in [-0.15, -0.1) is 0 Å². The van der Waals surface area contributed by atoms with Crippen molar-refractivity contribution in [1.82, 2.24) is 9.78 Å². The number of carboxylic acid groups (broad SMARTS) is 1. The molecule has 0 spiro atoms. The predicted octanol–water partition coefficient (Wildman–Crippen LogP) is 2.60. The number of aromatic nitrogens is 2. The van der Waals surface area contributed by atoms with Crippen molar-refractivity contribution < 1.29 is 9.90 Å². The first-order valence-corrected chi connectivity index (χ1v) is 6.06. The molecule has 1 heterocycles. The van der Waals surface area contributed by atoms with E-state index >= 15 is 0 Å². The first-order chi connectivity index (χ1) is 8.75. The second kappa shape index (κ2) is 6.00. The molecule has 0 bridgehead atoms. The lowest BCUT2D eigenvalue weighted by atomic mass is 10.1. The van der Waals surface area contributed by atoms with Crippen molar-refractivity contribution in [1.29, 1.82) is 0 Å². The summed E-state index contributed by atoms with van der Waals surface area (Å²) >= 11 is 0. The first kappa shape index (κ1) is 12.4. The van der Waals surface area contributed by atoms with Crippen LogP contribution in [-0.2, 0) is 13.0 Å². The van der Waals surface area contributed by atoms with Gasteiger partial charge < -0.3 is 5.11 Å². The third kappa shape index (κ3) is 3.45. The molecule has 0 aliphatic carbocycles. The molecule has 0 aliphatic rings. The topological polar surface area (TPSA) is 55.1 Å². The Labute approximate surface area is 106 Å². The van der Waals surface area contributed by atoms with Crippen molar-refractivity contribution in [3.05, 3.63) is 53.9 Å². The van der Waals surface area contributed by atoms with E-state index in [1.165, 1.54) is 11.6 Å². The van der Waals surface area contributed by atoms with Crippen molar-refractivity contribution >= 4 is 5.97 Å². The van der Waals surface area contributed by atoms with Gasteiger partial charge in [-0.25, -0.2) is 4.79 Å². The highest BCUT2D eigenvalue weighted by atomic mass is 16.4. The quantitative estimate of drug-likeness (QED) is 0.795. The predicted molar refractivity (Wildman–Crippen MR) is 68.6 cm³/mol. The van der Waals surface area contributed by atoms with E-state index in [0.717, 1.165) is 25.8 Å². The van der Waals surface area contributed by atoms with Crippen LogP contribution in [0.4, 0.5) is 0 Å². The molecule has 2 aromatic rings. The zero-order valence-electron chi connectivity index (χ0n) is 10.1. The van der Waals surface area contributed by atoms with Gasteiger partial charge in [-0.05, 0) is 30.9 Å². The van der Waals surface area contributed by atoms with Crippen LogP contribution in [0, 0.1) is 0 Å². The van der Waals surface area contributed by atoms with E-state index in [4.69, 9.17) is 5.11 Å². The van der Waals surface area contributed by atoms with Crippen LogP contribution in [0.15, 0.2) is 42.6 Å². The molecule has 4 heteroatoms. The SMILES string of the molecule is O=C(O)c1ccn(CCCCc2ccccc2)n1. The van der Waals surface area contributed by atoms with Crippen LogP contribution >= 0.6 is 0 Å². The monoisotopic (exact) mass is 244 g/mol. The Morgan fingerprint density at radius 2 is 1.94 bits per heavy atom. The molecule has 0 saturated carbocycles. The van der Waals surface area contributed by atoms with Crippen LogP contribution < -0.4 is 0 Å². The van der Waals surface area contributed by atoms with E-state index < -0.39 is 5.97 Å². The van der Waals surface area contributed by atoms with Gasteiger partial charge in [0.05, 0.1) is 0 Å². The van der Waals surface area contributed by atoms with Gasteiger partial charge in [-0.3, -0.25) is 4.68 Å². The summed E-state index contributed by atoms with van der Waals surface area (Å²) in [6.07, 6.45) is 4.84. The van der Waals surface area contributed by atoms with Gasteiger partial charge in [0.25, 0.3) is 0 Å². The largest absolute Gasteiger partial charge is 0.476 e. The molecule has 94 valence electrons. The van der Waals surface area contributed by atoms with E-state index in [2.05, 4.69) is 17.2 Å². The van der Waals surface area contributed by atoms with E-state index in [1.54, 1.807) is 10.9 Å². The minimum Gasteiger partial charge on any atom is -0.476 e. The Balaban J connectivity index is 1.73. The van der Waals surface area contributed by atoms with Crippen LogP contribution in [0.1, 0.15) is 28.9 Å². The number of unbranched alkanes of at least 4 members (excludes halogenated alkanes) is 1. The lowest BCUT2D eigenvalue weighted by molar-refractivity contribution is 0.0689. The summed E-state index contributed by atoms with van der Waals surface area (Å²) < 4.78 is 1.69. The van der Waals surface area contributed by atoms with E-state index in [9.17, 15) is 4.79 Å². The number of carboxylic acids is 1. The lowest BCUT2D eigenvalue weighted by Crippen LogP contribution is -2.03. The fourth-order valence-corrected chi connectivity index (χ4v) is 1.85. The first-order valence-electron chi connectivity index (χ1n) is 6.06. The third-order valence-electron chi connectivity index (χ3n) is 2.81. The zero-order valence-corrected chi connectivity index (χ0v) is 10.1. The number of hydrogen-bond donors (Lipinski definition) is 1. The molecule has 1 aromatic carbocycles. The Bertz CT molecular complexity index is 506. The van der Waals surface area contributed by atoms with Crippen molar-refractivity contribution in [3.8, 4) is 0 Å². The minimum absolute atomic E-state index is 0.109. The summed E-state index contributed by atoms with van der Waals surface area (Å²) in [4.78, 5) is 10.7. The van der Waals surface area contributed by atoms with Gasteiger partial charge in [0.15, 0.2) is 5.69 Å².